The van der Waals surface area contributed by atoms with Crippen LogP contribution < -0.4 is 10.6 Å². The molecule has 0 fully saturated rings. The maximum atomic E-state index is 12.7. The highest BCUT2D eigenvalue weighted by Gasteiger charge is 2.00. The first-order valence-corrected chi connectivity index (χ1v) is 7.56. The van der Waals surface area contributed by atoms with Gasteiger partial charge in [-0.2, -0.15) is 0 Å². The first kappa shape index (κ1) is 15.3. The zero-order valence-corrected chi connectivity index (χ0v) is 12.2. The summed E-state index contributed by atoms with van der Waals surface area (Å²) in [7, 11) is 0. The number of carbonyl (C=O) groups excluding carboxylic acids is 1. The van der Waals surface area contributed by atoms with Gasteiger partial charge in [0.1, 0.15) is 5.82 Å². The monoisotopic (exact) mass is 305 g/mol. The number of nitrogens with zero attached hydrogens (tertiary/aromatic N) is 1. The van der Waals surface area contributed by atoms with E-state index in [0.717, 1.165) is 17.1 Å². The van der Waals surface area contributed by atoms with E-state index >= 15 is 0 Å². The van der Waals surface area contributed by atoms with E-state index in [1.807, 2.05) is 0 Å². The van der Waals surface area contributed by atoms with Crippen molar-refractivity contribution >= 4 is 23.5 Å². The van der Waals surface area contributed by atoms with Crippen LogP contribution in [0.25, 0.3) is 0 Å². The summed E-state index contributed by atoms with van der Waals surface area (Å²) in [4.78, 5) is 16.5. The molecule has 2 rings (SSSR count). The maximum absolute atomic E-state index is 12.7. The number of carbonyl (C=O) groups is 1. The zero-order valence-electron chi connectivity index (χ0n) is 11.4. The van der Waals surface area contributed by atoms with Gasteiger partial charge >= 0.3 is 6.03 Å². The quantitative estimate of drug-likeness (QED) is 0.634. The van der Waals surface area contributed by atoms with Crippen LogP contribution >= 0.6 is 11.8 Å². The molecule has 6 heteroatoms. The van der Waals surface area contributed by atoms with Crippen LogP contribution in [0.1, 0.15) is 6.42 Å². The standard InChI is InChI=1S/C15H16FN3OS/c16-12-4-6-14(7-5-12)21-10-2-9-18-15(20)19-13-3-1-8-17-11-13/h1,3-8,11H,2,9-10H2,(H2,18,19,20). The third kappa shape index (κ3) is 5.83. The maximum Gasteiger partial charge on any atom is 0.319 e. The fourth-order valence-electron chi connectivity index (χ4n) is 1.61. The number of urea groups is 1. The molecule has 1 heterocycles. The number of amides is 2. The molecule has 0 radical (unpaired) electrons. The molecular formula is C15H16FN3OS. The van der Waals surface area contributed by atoms with Crippen LogP contribution in [0.3, 0.4) is 0 Å². The van der Waals surface area contributed by atoms with Gasteiger partial charge in [-0.05, 0) is 48.6 Å². The van der Waals surface area contributed by atoms with Gasteiger partial charge < -0.3 is 10.6 Å². The Bertz CT molecular complexity index is 563. The van der Waals surface area contributed by atoms with E-state index in [-0.39, 0.29) is 11.8 Å². The average molecular weight is 305 g/mol. The second-order valence-corrected chi connectivity index (χ2v) is 5.45. The van der Waals surface area contributed by atoms with Crippen molar-refractivity contribution in [1.29, 1.82) is 0 Å². The van der Waals surface area contributed by atoms with Gasteiger partial charge in [0, 0.05) is 17.6 Å². The summed E-state index contributed by atoms with van der Waals surface area (Å²) < 4.78 is 12.7. The Morgan fingerprint density at radius 3 is 2.76 bits per heavy atom. The summed E-state index contributed by atoms with van der Waals surface area (Å²) in [5, 5.41) is 5.47. The van der Waals surface area contributed by atoms with Crippen molar-refractivity contribution in [2.75, 3.05) is 17.6 Å². The third-order valence-corrected chi connectivity index (χ3v) is 3.71. The summed E-state index contributed by atoms with van der Waals surface area (Å²) >= 11 is 1.64. The number of anilines is 1. The molecule has 1 aromatic heterocycles. The molecule has 0 atom stereocenters. The van der Waals surface area contributed by atoms with Crippen molar-refractivity contribution in [3.63, 3.8) is 0 Å². The number of halogens is 1. The number of thioether (sulfide) groups is 1. The molecule has 110 valence electrons. The normalized spacial score (nSPS) is 10.1. The Morgan fingerprint density at radius 1 is 1.24 bits per heavy atom. The highest BCUT2D eigenvalue weighted by Crippen LogP contribution is 2.18. The molecule has 0 aliphatic carbocycles. The molecule has 2 amide bonds. The Labute approximate surface area is 127 Å². The summed E-state index contributed by atoms with van der Waals surface area (Å²) in [6, 6.07) is 9.69. The lowest BCUT2D eigenvalue weighted by Gasteiger charge is -2.07. The topological polar surface area (TPSA) is 54.0 Å². The number of benzene rings is 1. The SMILES string of the molecule is O=C(NCCCSc1ccc(F)cc1)Nc1cccnc1. The minimum Gasteiger partial charge on any atom is -0.338 e. The van der Waals surface area contributed by atoms with Crippen LogP contribution in [0.2, 0.25) is 0 Å². The summed E-state index contributed by atoms with van der Waals surface area (Å²) in [6.45, 7) is 0.584. The molecule has 0 spiro atoms. The number of pyridine rings is 1. The first-order valence-electron chi connectivity index (χ1n) is 6.57. The van der Waals surface area contributed by atoms with E-state index in [2.05, 4.69) is 15.6 Å². The molecule has 0 aliphatic heterocycles. The van der Waals surface area contributed by atoms with Crippen LogP contribution in [-0.4, -0.2) is 23.3 Å². The Kier molecular flexibility index (Phi) is 6.02. The van der Waals surface area contributed by atoms with Gasteiger partial charge in [-0.15, -0.1) is 11.8 Å². The van der Waals surface area contributed by atoms with Crippen LogP contribution in [0, 0.1) is 5.82 Å². The molecular weight excluding hydrogens is 289 g/mol. The highest BCUT2D eigenvalue weighted by molar-refractivity contribution is 7.99. The lowest BCUT2D eigenvalue weighted by Crippen LogP contribution is -2.29. The molecule has 0 bridgehead atoms. The fourth-order valence-corrected chi connectivity index (χ4v) is 2.46. The number of nitrogens with one attached hydrogen (secondary N) is 2. The molecule has 2 N–H and O–H groups in total. The van der Waals surface area contributed by atoms with Gasteiger partial charge in [0.05, 0.1) is 11.9 Å². The van der Waals surface area contributed by atoms with Crippen molar-refractivity contribution in [3.8, 4) is 0 Å². The lowest BCUT2D eigenvalue weighted by molar-refractivity contribution is 0.252. The molecule has 0 saturated carbocycles. The van der Waals surface area contributed by atoms with Crippen molar-refractivity contribution in [2.45, 2.75) is 11.3 Å². The smallest absolute Gasteiger partial charge is 0.319 e. The van der Waals surface area contributed by atoms with Gasteiger partial charge in [-0.3, -0.25) is 4.98 Å². The summed E-state index contributed by atoms with van der Waals surface area (Å²) in [5.74, 6) is 0.631. The summed E-state index contributed by atoms with van der Waals surface area (Å²) in [5.41, 5.74) is 0.663. The van der Waals surface area contributed by atoms with Gasteiger partial charge in [0.25, 0.3) is 0 Å². The number of hydrogen-bond donors (Lipinski definition) is 2. The fraction of sp³-hybridized carbons (Fsp3) is 0.200. The predicted molar refractivity (Wildman–Crippen MR) is 83.0 cm³/mol. The number of rotatable bonds is 6. The van der Waals surface area contributed by atoms with E-state index in [9.17, 15) is 9.18 Å². The van der Waals surface area contributed by atoms with E-state index in [4.69, 9.17) is 0 Å². The molecule has 1 aromatic carbocycles. The zero-order chi connectivity index (χ0) is 14.9. The molecule has 21 heavy (non-hydrogen) atoms. The van der Waals surface area contributed by atoms with Crippen LogP contribution in [-0.2, 0) is 0 Å². The third-order valence-electron chi connectivity index (χ3n) is 2.61. The van der Waals surface area contributed by atoms with E-state index in [0.29, 0.717) is 12.2 Å². The Morgan fingerprint density at radius 2 is 2.05 bits per heavy atom. The van der Waals surface area contributed by atoms with Crippen LogP contribution in [0.5, 0.6) is 0 Å². The second-order valence-electron chi connectivity index (χ2n) is 4.28. The largest absolute Gasteiger partial charge is 0.338 e. The van der Waals surface area contributed by atoms with Crippen LogP contribution in [0.15, 0.2) is 53.7 Å². The first-order chi connectivity index (χ1) is 10.2. The Balaban J connectivity index is 1.59. The molecule has 0 aliphatic rings. The van der Waals surface area contributed by atoms with Crippen LogP contribution in [0.4, 0.5) is 14.9 Å². The molecule has 0 unspecified atom stereocenters. The highest BCUT2D eigenvalue weighted by atomic mass is 32.2. The second kappa shape index (κ2) is 8.26. The van der Waals surface area contributed by atoms with Gasteiger partial charge in [0.2, 0.25) is 0 Å². The predicted octanol–water partition coefficient (Wildman–Crippen LogP) is 3.52. The van der Waals surface area contributed by atoms with E-state index in [1.54, 1.807) is 48.4 Å². The number of aromatic nitrogens is 1. The van der Waals surface area contributed by atoms with Crippen molar-refractivity contribution in [3.05, 3.63) is 54.6 Å². The minimum absolute atomic E-state index is 0.229. The van der Waals surface area contributed by atoms with E-state index in [1.165, 1.54) is 12.1 Å². The van der Waals surface area contributed by atoms with Crippen molar-refractivity contribution in [1.82, 2.24) is 10.3 Å². The van der Waals surface area contributed by atoms with Crippen molar-refractivity contribution < 1.29 is 9.18 Å². The van der Waals surface area contributed by atoms with Gasteiger partial charge in [0.15, 0.2) is 0 Å². The molecule has 4 nitrogen and oxygen atoms in total. The number of hydrogen-bond acceptors (Lipinski definition) is 3. The van der Waals surface area contributed by atoms with Gasteiger partial charge in [-0.25, -0.2) is 9.18 Å². The molecule has 2 aromatic rings. The van der Waals surface area contributed by atoms with Crippen molar-refractivity contribution in [2.24, 2.45) is 0 Å². The average Bonchev–Trinajstić information content (AvgIpc) is 2.50. The molecule has 0 saturated heterocycles. The minimum atomic E-state index is -0.241. The summed E-state index contributed by atoms with van der Waals surface area (Å²) in [6.07, 6.45) is 4.07. The Hall–Kier alpha value is -2.08. The lowest BCUT2D eigenvalue weighted by atomic mass is 10.4. The van der Waals surface area contributed by atoms with Gasteiger partial charge in [-0.1, -0.05) is 0 Å². The van der Waals surface area contributed by atoms with E-state index < -0.39 is 0 Å².